The van der Waals surface area contributed by atoms with Crippen LogP contribution in [0, 0.1) is 5.82 Å². The molecule has 1 N–H and O–H groups in total. The van der Waals surface area contributed by atoms with Crippen molar-refractivity contribution in [1.82, 2.24) is 5.32 Å². The van der Waals surface area contributed by atoms with Crippen LogP contribution in [0.25, 0.3) is 6.08 Å². The largest absolute Gasteiger partial charge is 0.444 e. The first-order chi connectivity index (χ1) is 9.81. The van der Waals surface area contributed by atoms with Crippen LogP contribution in [-0.2, 0) is 4.74 Å². The van der Waals surface area contributed by atoms with Crippen LogP contribution >= 0.6 is 0 Å². The maximum atomic E-state index is 13.6. The average molecular weight is 293 g/mol. The van der Waals surface area contributed by atoms with Gasteiger partial charge in [-0.3, -0.25) is 4.79 Å². The molecule has 1 amide bonds. The topological polar surface area (TPSA) is 55.4 Å². The van der Waals surface area contributed by atoms with Crippen molar-refractivity contribution in [2.24, 2.45) is 0 Å². The smallest absolute Gasteiger partial charge is 0.407 e. The second-order valence-corrected chi connectivity index (χ2v) is 5.52. The first-order valence-electron chi connectivity index (χ1n) is 6.70. The van der Waals surface area contributed by atoms with Crippen molar-refractivity contribution >= 4 is 18.5 Å². The first-order valence-corrected chi connectivity index (χ1v) is 6.70. The molecule has 0 spiro atoms. The Bertz CT molecular complexity index is 533. The Hall–Kier alpha value is -2.17. The molecular formula is C16H20FNO3. The van der Waals surface area contributed by atoms with Crippen LogP contribution in [0.4, 0.5) is 9.18 Å². The second kappa shape index (κ2) is 7.57. The molecule has 0 aliphatic carbocycles. The van der Waals surface area contributed by atoms with Crippen LogP contribution in [-0.4, -0.2) is 24.5 Å². The maximum Gasteiger partial charge on any atom is 0.407 e. The molecule has 0 aliphatic heterocycles. The van der Waals surface area contributed by atoms with Gasteiger partial charge in [-0.05, 0) is 33.3 Å². The van der Waals surface area contributed by atoms with Gasteiger partial charge < -0.3 is 10.1 Å². The lowest BCUT2D eigenvalue weighted by molar-refractivity contribution is 0.0528. The van der Waals surface area contributed by atoms with E-state index in [2.05, 4.69) is 5.32 Å². The molecular weight excluding hydrogens is 273 g/mol. The fourth-order valence-corrected chi connectivity index (χ4v) is 1.53. The predicted molar refractivity (Wildman–Crippen MR) is 79.7 cm³/mol. The lowest BCUT2D eigenvalue weighted by Crippen LogP contribution is -2.32. The van der Waals surface area contributed by atoms with Crippen molar-refractivity contribution < 1.29 is 18.7 Å². The summed E-state index contributed by atoms with van der Waals surface area (Å²) in [6.45, 7) is 5.77. The molecule has 1 rings (SSSR count). The highest BCUT2D eigenvalue weighted by atomic mass is 19.1. The highest BCUT2D eigenvalue weighted by molar-refractivity contribution is 5.75. The van der Waals surface area contributed by atoms with Gasteiger partial charge in [0.05, 0.1) is 0 Å². The van der Waals surface area contributed by atoms with Gasteiger partial charge in [0, 0.05) is 17.7 Å². The van der Waals surface area contributed by atoms with Crippen LogP contribution < -0.4 is 5.32 Å². The molecule has 21 heavy (non-hydrogen) atoms. The first kappa shape index (κ1) is 16.9. The quantitative estimate of drug-likeness (QED) is 0.667. The molecule has 0 atom stereocenters. The zero-order chi connectivity index (χ0) is 15.9. The molecule has 114 valence electrons. The molecule has 1 aromatic rings. The van der Waals surface area contributed by atoms with Gasteiger partial charge in [-0.2, -0.15) is 0 Å². The summed E-state index contributed by atoms with van der Waals surface area (Å²) in [6.07, 6.45) is 4.03. The van der Waals surface area contributed by atoms with E-state index in [1.54, 1.807) is 39.0 Å². The molecule has 0 fully saturated rings. The van der Waals surface area contributed by atoms with Crippen molar-refractivity contribution in [2.45, 2.75) is 32.8 Å². The van der Waals surface area contributed by atoms with Crippen LogP contribution in [0.3, 0.4) is 0 Å². The number of ether oxygens (including phenoxy) is 1. The third-order valence-electron chi connectivity index (χ3n) is 2.44. The third kappa shape index (κ3) is 6.70. The van der Waals surface area contributed by atoms with E-state index in [4.69, 9.17) is 4.74 Å². The Kier molecular flexibility index (Phi) is 6.09. The number of carbonyl (C=O) groups excluding carboxylic acids is 2. The SMILES string of the molecule is CC(C)(C)OC(=O)NCCC=Cc1ccc(C=O)cc1F. The van der Waals surface area contributed by atoms with Crippen molar-refractivity contribution in [1.29, 1.82) is 0 Å². The second-order valence-electron chi connectivity index (χ2n) is 5.52. The van der Waals surface area contributed by atoms with Crippen LogP contribution in [0.1, 0.15) is 43.1 Å². The van der Waals surface area contributed by atoms with Crippen molar-refractivity contribution in [3.63, 3.8) is 0 Å². The van der Waals surface area contributed by atoms with Gasteiger partial charge in [0.25, 0.3) is 0 Å². The van der Waals surface area contributed by atoms with Gasteiger partial charge in [0.1, 0.15) is 17.7 Å². The summed E-state index contributed by atoms with van der Waals surface area (Å²) in [5, 5.41) is 2.61. The number of alkyl carbamates (subject to hydrolysis) is 1. The van der Waals surface area contributed by atoms with Gasteiger partial charge in [-0.25, -0.2) is 9.18 Å². The van der Waals surface area contributed by atoms with Crippen LogP contribution in [0.15, 0.2) is 24.3 Å². The van der Waals surface area contributed by atoms with E-state index in [0.717, 1.165) is 0 Å². The van der Waals surface area contributed by atoms with Gasteiger partial charge in [0.2, 0.25) is 0 Å². The molecule has 0 heterocycles. The molecule has 1 aromatic carbocycles. The Morgan fingerprint density at radius 1 is 1.38 bits per heavy atom. The van der Waals surface area contributed by atoms with E-state index in [9.17, 15) is 14.0 Å². The van der Waals surface area contributed by atoms with E-state index in [1.165, 1.54) is 12.1 Å². The summed E-state index contributed by atoms with van der Waals surface area (Å²) in [4.78, 5) is 21.9. The zero-order valence-electron chi connectivity index (χ0n) is 12.5. The van der Waals surface area contributed by atoms with Crippen LogP contribution in [0.2, 0.25) is 0 Å². The Balaban J connectivity index is 2.39. The Labute approximate surface area is 124 Å². The number of amides is 1. The van der Waals surface area contributed by atoms with Gasteiger partial charge in [-0.15, -0.1) is 0 Å². The number of carbonyl (C=O) groups is 2. The van der Waals surface area contributed by atoms with E-state index in [1.807, 2.05) is 0 Å². The van der Waals surface area contributed by atoms with E-state index >= 15 is 0 Å². The number of nitrogens with one attached hydrogen (secondary N) is 1. The summed E-state index contributed by atoms with van der Waals surface area (Å²) >= 11 is 0. The van der Waals surface area contributed by atoms with Crippen molar-refractivity contribution in [3.8, 4) is 0 Å². The molecule has 0 aliphatic rings. The lowest BCUT2D eigenvalue weighted by Gasteiger charge is -2.19. The van der Waals surface area contributed by atoms with Gasteiger partial charge in [-0.1, -0.05) is 24.3 Å². The number of halogens is 1. The number of aldehydes is 1. The molecule has 0 bridgehead atoms. The molecule has 5 heteroatoms. The average Bonchev–Trinajstić information content (AvgIpc) is 2.37. The zero-order valence-corrected chi connectivity index (χ0v) is 12.5. The van der Waals surface area contributed by atoms with Crippen molar-refractivity contribution in [2.75, 3.05) is 6.54 Å². The highest BCUT2D eigenvalue weighted by Crippen LogP contribution is 2.11. The summed E-state index contributed by atoms with van der Waals surface area (Å²) < 4.78 is 18.6. The molecule has 0 radical (unpaired) electrons. The highest BCUT2D eigenvalue weighted by Gasteiger charge is 2.15. The van der Waals surface area contributed by atoms with Gasteiger partial charge in [0.15, 0.2) is 0 Å². The molecule has 0 saturated heterocycles. The molecule has 4 nitrogen and oxygen atoms in total. The van der Waals surface area contributed by atoms with E-state index in [0.29, 0.717) is 30.4 Å². The summed E-state index contributed by atoms with van der Waals surface area (Å²) in [5.74, 6) is -0.448. The fourth-order valence-electron chi connectivity index (χ4n) is 1.53. The number of hydrogen-bond donors (Lipinski definition) is 1. The molecule has 0 unspecified atom stereocenters. The van der Waals surface area contributed by atoms with Crippen molar-refractivity contribution in [3.05, 3.63) is 41.2 Å². The Morgan fingerprint density at radius 3 is 2.67 bits per heavy atom. The number of benzene rings is 1. The number of hydrogen-bond acceptors (Lipinski definition) is 3. The summed E-state index contributed by atoms with van der Waals surface area (Å²) in [6, 6.07) is 4.27. The van der Waals surface area contributed by atoms with E-state index in [-0.39, 0.29) is 0 Å². The van der Waals surface area contributed by atoms with Crippen LogP contribution in [0.5, 0.6) is 0 Å². The summed E-state index contributed by atoms with van der Waals surface area (Å²) in [5.41, 5.74) is 0.178. The minimum Gasteiger partial charge on any atom is -0.444 e. The molecule has 0 aromatic heterocycles. The summed E-state index contributed by atoms with van der Waals surface area (Å²) in [7, 11) is 0. The Morgan fingerprint density at radius 2 is 2.10 bits per heavy atom. The lowest BCUT2D eigenvalue weighted by atomic mass is 10.1. The predicted octanol–water partition coefficient (Wildman–Crippen LogP) is 3.57. The fraction of sp³-hybridized carbons (Fsp3) is 0.375. The normalized spacial score (nSPS) is 11.4. The number of rotatable bonds is 5. The minimum absolute atomic E-state index is 0.302. The van der Waals surface area contributed by atoms with E-state index < -0.39 is 17.5 Å². The third-order valence-corrected chi connectivity index (χ3v) is 2.44. The molecule has 0 saturated carbocycles. The van der Waals surface area contributed by atoms with Gasteiger partial charge >= 0.3 is 6.09 Å². The standard InChI is InChI=1S/C16H20FNO3/c1-16(2,3)21-15(20)18-9-5-4-6-13-8-7-12(11-19)10-14(13)17/h4,6-8,10-11H,5,9H2,1-3H3,(H,18,20). The minimum atomic E-state index is -0.524. The maximum absolute atomic E-state index is 13.6. The monoisotopic (exact) mass is 293 g/mol.